The summed E-state index contributed by atoms with van der Waals surface area (Å²) in [5.41, 5.74) is 0.350. The molecular formula is C14H33NSi. The molecule has 0 saturated carbocycles. The van der Waals surface area contributed by atoms with E-state index in [9.17, 15) is 0 Å². The minimum absolute atomic E-state index is 0.350. The molecule has 98 valence electrons. The van der Waals surface area contributed by atoms with Crippen molar-refractivity contribution >= 4 is 10.2 Å². The van der Waals surface area contributed by atoms with Gasteiger partial charge in [-0.05, 0) is 31.0 Å². The van der Waals surface area contributed by atoms with E-state index in [-0.39, 0.29) is 0 Å². The smallest absolute Gasteiger partial charge is 0.0272 e. The maximum atomic E-state index is 2.52. The molecule has 16 heavy (non-hydrogen) atoms. The zero-order valence-electron chi connectivity index (χ0n) is 13.0. The van der Waals surface area contributed by atoms with E-state index in [1.807, 2.05) is 0 Å². The van der Waals surface area contributed by atoms with Gasteiger partial charge in [0.05, 0.1) is 0 Å². The Morgan fingerprint density at radius 2 is 1.31 bits per heavy atom. The predicted molar refractivity (Wildman–Crippen MR) is 79.3 cm³/mol. The summed E-state index contributed by atoms with van der Waals surface area (Å²) in [5, 5.41) is 0.446. The van der Waals surface area contributed by atoms with E-state index in [1.165, 1.54) is 23.1 Å². The van der Waals surface area contributed by atoms with Gasteiger partial charge >= 0.3 is 0 Å². The van der Waals surface area contributed by atoms with Crippen LogP contribution >= 0.6 is 0 Å². The molecule has 0 aromatic heterocycles. The van der Waals surface area contributed by atoms with Gasteiger partial charge in [-0.15, -0.1) is 0 Å². The van der Waals surface area contributed by atoms with Gasteiger partial charge in [0.1, 0.15) is 0 Å². The SMILES string of the molecule is CCC(C)C(C(C)CC)(N(C)C)C(C)(C)[SiH3]. The first kappa shape index (κ1) is 16.2. The van der Waals surface area contributed by atoms with E-state index in [4.69, 9.17) is 0 Å². The van der Waals surface area contributed by atoms with E-state index < -0.39 is 0 Å². The molecule has 0 aromatic carbocycles. The summed E-state index contributed by atoms with van der Waals surface area (Å²) in [6.45, 7) is 14.4. The highest BCUT2D eigenvalue weighted by atomic mass is 28.1. The van der Waals surface area contributed by atoms with Crippen LogP contribution in [-0.4, -0.2) is 34.8 Å². The summed E-state index contributed by atoms with van der Waals surface area (Å²) in [5.74, 6) is 1.51. The molecule has 0 saturated heterocycles. The molecule has 2 heteroatoms. The van der Waals surface area contributed by atoms with Gasteiger partial charge in [0.15, 0.2) is 0 Å². The Balaban J connectivity index is 5.59. The van der Waals surface area contributed by atoms with Crippen LogP contribution in [0.2, 0.25) is 5.04 Å². The molecule has 2 unspecified atom stereocenters. The first-order chi connectivity index (χ1) is 7.16. The summed E-state index contributed by atoms with van der Waals surface area (Å²) < 4.78 is 0. The van der Waals surface area contributed by atoms with Crippen molar-refractivity contribution in [3.05, 3.63) is 0 Å². The van der Waals surface area contributed by atoms with Crippen LogP contribution in [0.5, 0.6) is 0 Å². The number of nitrogens with zero attached hydrogens (tertiary/aromatic N) is 1. The first-order valence-electron chi connectivity index (χ1n) is 6.83. The average molecular weight is 244 g/mol. The van der Waals surface area contributed by atoms with Crippen molar-refractivity contribution in [2.75, 3.05) is 14.1 Å². The largest absolute Gasteiger partial charge is 0.303 e. The van der Waals surface area contributed by atoms with Gasteiger partial charge in [0.25, 0.3) is 0 Å². The molecule has 0 heterocycles. The summed E-state index contributed by atoms with van der Waals surface area (Å²) in [7, 11) is 5.80. The van der Waals surface area contributed by atoms with E-state index in [2.05, 4.69) is 60.5 Å². The van der Waals surface area contributed by atoms with Crippen molar-refractivity contribution in [1.29, 1.82) is 0 Å². The standard InChI is InChI=1S/C14H33NSi/c1-9-11(3)14(15(7)8,12(4)10-2)13(5,6)16/h11-12H,9-10H2,1-8,16H3. The Kier molecular flexibility index (Phi) is 5.74. The highest BCUT2D eigenvalue weighted by Crippen LogP contribution is 2.50. The van der Waals surface area contributed by atoms with Crippen LogP contribution in [0.4, 0.5) is 0 Å². The van der Waals surface area contributed by atoms with Crippen LogP contribution in [-0.2, 0) is 0 Å². The Labute approximate surface area is 106 Å². The Morgan fingerprint density at radius 1 is 1.00 bits per heavy atom. The molecule has 0 fully saturated rings. The van der Waals surface area contributed by atoms with Gasteiger partial charge in [-0.1, -0.05) is 54.4 Å². The van der Waals surface area contributed by atoms with Crippen LogP contribution in [0.3, 0.4) is 0 Å². The monoisotopic (exact) mass is 243 g/mol. The lowest BCUT2D eigenvalue weighted by atomic mass is 9.65. The van der Waals surface area contributed by atoms with Gasteiger partial charge in [0, 0.05) is 15.8 Å². The van der Waals surface area contributed by atoms with Gasteiger partial charge in [-0.2, -0.15) is 0 Å². The summed E-state index contributed by atoms with van der Waals surface area (Å²) >= 11 is 0. The fourth-order valence-corrected chi connectivity index (χ4v) is 5.57. The topological polar surface area (TPSA) is 3.24 Å². The van der Waals surface area contributed by atoms with Crippen LogP contribution in [0.15, 0.2) is 0 Å². The van der Waals surface area contributed by atoms with Crippen LogP contribution in [0, 0.1) is 11.8 Å². The highest BCUT2D eigenvalue weighted by Gasteiger charge is 2.50. The summed E-state index contributed by atoms with van der Waals surface area (Å²) in [6.07, 6.45) is 2.54. The summed E-state index contributed by atoms with van der Waals surface area (Å²) in [6, 6.07) is 0. The zero-order valence-corrected chi connectivity index (χ0v) is 15.0. The van der Waals surface area contributed by atoms with Crippen molar-refractivity contribution in [1.82, 2.24) is 4.90 Å². The number of hydrogen-bond donors (Lipinski definition) is 0. The van der Waals surface area contributed by atoms with Crippen molar-refractivity contribution in [3.63, 3.8) is 0 Å². The minimum atomic E-state index is 0.350. The van der Waals surface area contributed by atoms with Crippen LogP contribution in [0.1, 0.15) is 54.4 Å². The van der Waals surface area contributed by atoms with Crippen molar-refractivity contribution in [2.45, 2.75) is 65.0 Å². The molecule has 1 nitrogen and oxygen atoms in total. The first-order valence-corrected chi connectivity index (χ1v) is 7.83. The van der Waals surface area contributed by atoms with E-state index in [1.54, 1.807) is 0 Å². The number of hydrogen-bond acceptors (Lipinski definition) is 1. The fraction of sp³-hybridized carbons (Fsp3) is 1.00. The molecule has 0 rings (SSSR count). The lowest BCUT2D eigenvalue weighted by Crippen LogP contribution is -2.60. The Morgan fingerprint density at radius 3 is 1.44 bits per heavy atom. The normalized spacial score (nSPS) is 20.8. The Hall–Kier alpha value is 0.177. The number of rotatable bonds is 6. The molecule has 0 bridgehead atoms. The molecular weight excluding hydrogens is 210 g/mol. The van der Waals surface area contributed by atoms with E-state index >= 15 is 0 Å². The molecule has 0 aliphatic rings. The average Bonchev–Trinajstić information content (AvgIpc) is 2.15. The van der Waals surface area contributed by atoms with Gasteiger partial charge in [0.2, 0.25) is 0 Å². The van der Waals surface area contributed by atoms with Gasteiger partial charge in [-0.25, -0.2) is 0 Å². The van der Waals surface area contributed by atoms with E-state index in [0.29, 0.717) is 10.6 Å². The third-order valence-corrected chi connectivity index (χ3v) is 5.47. The van der Waals surface area contributed by atoms with Crippen LogP contribution in [0.25, 0.3) is 0 Å². The van der Waals surface area contributed by atoms with Crippen LogP contribution < -0.4 is 0 Å². The molecule has 0 radical (unpaired) electrons. The molecule has 0 N–H and O–H groups in total. The maximum absolute atomic E-state index is 2.52. The van der Waals surface area contributed by atoms with Gasteiger partial charge in [-0.3, -0.25) is 0 Å². The quantitative estimate of drug-likeness (QED) is 0.648. The lowest BCUT2D eigenvalue weighted by Gasteiger charge is -2.57. The molecule has 2 atom stereocenters. The molecule has 0 aliphatic heterocycles. The second-order valence-corrected chi connectivity index (χ2v) is 9.09. The van der Waals surface area contributed by atoms with Crippen molar-refractivity contribution < 1.29 is 0 Å². The lowest BCUT2D eigenvalue weighted by molar-refractivity contribution is -0.00758. The minimum Gasteiger partial charge on any atom is -0.303 e. The summed E-state index contributed by atoms with van der Waals surface area (Å²) in [4.78, 5) is 2.52. The second kappa shape index (κ2) is 5.68. The third kappa shape index (κ3) is 2.53. The molecule has 0 aliphatic carbocycles. The fourth-order valence-electron chi connectivity index (χ4n) is 4.14. The Bertz CT molecular complexity index is 195. The molecule has 0 aromatic rings. The van der Waals surface area contributed by atoms with Crippen molar-refractivity contribution in [3.8, 4) is 0 Å². The zero-order chi connectivity index (χ0) is 13.1. The van der Waals surface area contributed by atoms with E-state index in [0.717, 1.165) is 11.8 Å². The third-order valence-electron chi connectivity index (χ3n) is 4.67. The maximum Gasteiger partial charge on any atom is 0.0272 e. The molecule has 0 spiro atoms. The van der Waals surface area contributed by atoms with Crippen molar-refractivity contribution in [2.24, 2.45) is 11.8 Å². The highest BCUT2D eigenvalue weighted by molar-refractivity contribution is 6.15. The van der Waals surface area contributed by atoms with Gasteiger partial charge < -0.3 is 4.90 Å². The predicted octanol–water partition coefficient (Wildman–Crippen LogP) is 2.94. The molecule has 0 amide bonds. The second-order valence-electron chi connectivity index (χ2n) is 6.59.